The van der Waals surface area contributed by atoms with Crippen LogP contribution in [0.1, 0.15) is 16.7 Å². The molecule has 1 nitrogen and oxygen atoms in total. The molecule has 0 aliphatic heterocycles. The van der Waals surface area contributed by atoms with E-state index in [1.54, 1.807) is 0 Å². The Bertz CT molecular complexity index is 500. The summed E-state index contributed by atoms with van der Waals surface area (Å²) in [7, 11) is 0. The van der Waals surface area contributed by atoms with E-state index < -0.39 is 0 Å². The zero-order valence-electron chi connectivity index (χ0n) is 9.76. The summed E-state index contributed by atoms with van der Waals surface area (Å²) < 4.78 is 0. The van der Waals surface area contributed by atoms with Crippen molar-refractivity contribution < 1.29 is 5.11 Å². The molecular weight excluding hydrogens is 208 g/mol. The van der Waals surface area contributed by atoms with Crippen molar-refractivity contribution in [1.29, 1.82) is 0 Å². The molecule has 2 aromatic rings. The van der Waals surface area contributed by atoms with Gasteiger partial charge in [0, 0.05) is 0 Å². The fourth-order valence-electron chi connectivity index (χ4n) is 1.82. The number of aliphatic hydroxyl groups excluding tert-OH is 1. The van der Waals surface area contributed by atoms with Crippen molar-refractivity contribution in [2.45, 2.75) is 6.42 Å². The SMILES string of the molecule is C=C(CO)c1cccc(Cc2ccccc2)c1. The van der Waals surface area contributed by atoms with Crippen LogP contribution in [0, 0.1) is 0 Å². The summed E-state index contributed by atoms with van der Waals surface area (Å²) >= 11 is 0. The van der Waals surface area contributed by atoms with Crippen molar-refractivity contribution in [3.8, 4) is 0 Å². The Kier molecular flexibility index (Phi) is 3.73. The zero-order chi connectivity index (χ0) is 12.1. The molecule has 2 rings (SSSR count). The van der Waals surface area contributed by atoms with E-state index in [4.69, 9.17) is 5.11 Å². The van der Waals surface area contributed by atoms with Gasteiger partial charge in [-0.1, -0.05) is 61.2 Å². The maximum Gasteiger partial charge on any atom is 0.0681 e. The molecule has 17 heavy (non-hydrogen) atoms. The van der Waals surface area contributed by atoms with Crippen molar-refractivity contribution in [3.05, 3.63) is 77.9 Å². The van der Waals surface area contributed by atoms with E-state index in [1.165, 1.54) is 11.1 Å². The quantitative estimate of drug-likeness (QED) is 0.845. The minimum atomic E-state index is 0.00872. The van der Waals surface area contributed by atoms with Crippen LogP contribution in [-0.4, -0.2) is 11.7 Å². The summed E-state index contributed by atoms with van der Waals surface area (Å²) in [4.78, 5) is 0. The summed E-state index contributed by atoms with van der Waals surface area (Å²) in [5, 5.41) is 9.07. The summed E-state index contributed by atoms with van der Waals surface area (Å²) in [5.41, 5.74) is 4.31. The lowest BCUT2D eigenvalue weighted by Gasteiger charge is -2.06. The molecule has 0 spiro atoms. The van der Waals surface area contributed by atoms with Gasteiger partial charge in [0.2, 0.25) is 0 Å². The van der Waals surface area contributed by atoms with Crippen LogP contribution in [0.5, 0.6) is 0 Å². The Morgan fingerprint density at radius 3 is 2.35 bits per heavy atom. The molecule has 0 atom stereocenters. The zero-order valence-corrected chi connectivity index (χ0v) is 9.76. The van der Waals surface area contributed by atoms with Crippen LogP contribution >= 0.6 is 0 Å². The van der Waals surface area contributed by atoms with Crippen molar-refractivity contribution in [1.82, 2.24) is 0 Å². The Morgan fingerprint density at radius 2 is 1.65 bits per heavy atom. The highest BCUT2D eigenvalue weighted by Gasteiger charge is 2.00. The predicted molar refractivity (Wildman–Crippen MR) is 71.8 cm³/mol. The smallest absolute Gasteiger partial charge is 0.0681 e. The van der Waals surface area contributed by atoms with E-state index in [-0.39, 0.29) is 6.61 Å². The molecule has 0 radical (unpaired) electrons. The monoisotopic (exact) mass is 224 g/mol. The van der Waals surface area contributed by atoms with Crippen LogP contribution in [0.15, 0.2) is 61.2 Å². The van der Waals surface area contributed by atoms with Gasteiger partial charge in [0.05, 0.1) is 6.61 Å². The van der Waals surface area contributed by atoms with Gasteiger partial charge in [0.15, 0.2) is 0 Å². The first-order valence-electron chi connectivity index (χ1n) is 5.71. The molecular formula is C16H16O. The molecule has 0 heterocycles. The normalized spacial score (nSPS) is 10.2. The molecule has 0 unspecified atom stereocenters. The van der Waals surface area contributed by atoms with Gasteiger partial charge in [-0.05, 0) is 28.7 Å². The Balaban J connectivity index is 2.20. The molecule has 0 saturated heterocycles. The Morgan fingerprint density at radius 1 is 0.941 bits per heavy atom. The van der Waals surface area contributed by atoms with E-state index in [0.29, 0.717) is 0 Å². The number of rotatable bonds is 4. The third kappa shape index (κ3) is 3.05. The lowest BCUT2D eigenvalue weighted by atomic mass is 10.0. The van der Waals surface area contributed by atoms with Gasteiger partial charge >= 0.3 is 0 Å². The van der Waals surface area contributed by atoms with Crippen LogP contribution in [0.2, 0.25) is 0 Å². The predicted octanol–water partition coefficient (Wildman–Crippen LogP) is 3.28. The van der Waals surface area contributed by atoms with Crippen LogP contribution in [-0.2, 0) is 6.42 Å². The average molecular weight is 224 g/mol. The summed E-state index contributed by atoms with van der Waals surface area (Å²) in [5.74, 6) is 0. The van der Waals surface area contributed by atoms with Crippen molar-refractivity contribution in [3.63, 3.8) is 0 Å². The van der Waals surface area contributed by atoms with Gasteiger partial charge in [0.1, 0.15) is 0 Å². The maximum absolute atomic E-state index is 9.07. The highest BCUT2D eigenvalue weighted by Crippen LogP contribution is 2.16. The van der Waals surface area contributed by atoms with Crippen molar-refractivity contribution >= 4 is 5.57 Å². The molecule has 0 aromatic heterocycles. The number of hydrogen-bond donors (Lipinski definition) is 1. The first-order chi connectivity index (χ1) is 8.29. The van der Waals surface area contributed by atoms with Gasteiger partial charge in [-0.2, -0.15) is 0 Å². The third-order valence-electron chi connectivity index (χ3n) is 2.78. The molecule has 0 aliphatic carbocycles. The molecule has 0 bridgehead atoms. The topological polar surface area (TPSA) is 20.2 Å². The van der Waals surface area contributed by atoms with Crippen LogP contribution in [0.4, 0.5) is 0 Å². The van der Waals surface area contributed by atoms with E-state index in [9.17, 15) is 0 Å². The Labute approximate surface area is 102 Å². The number of aliphatic hydroxyl groups is 1. The van der Waals surface area contributed by atoms with Crippen LogP contribution in [0.3, 0.4) is 0 Å². The van der Waals surface area contributed by atoms with Gasteiger partial charge in [-0.15, -0.1) is 0 Å². The first kappa shape index (κ1) is 11.6. The molecule has 86 valence electrons. The molecule has 1 heteroatoms. The fraction of sp³-hybridized carbons (Fsp3) is 0.125. The summed E-state index contributed by atoms with van der Waals surface area (Å²) in [6.45, 7) is 3.85. The average Bonchev–Trinajstić information content (AvgIpc) is 2.39. The minimum Gasteiger partial charge on any atom is -0.392 e. The second-order valence-corrected chi connectivity index (χ2v) is 4.12. The van der Waals surface area contributed by atoms with Crippen LogP contribution < -0.4 is 0 Å². The fourth-order valence-corrected chi connectivity index (χ4v) is 1.82. The van der Waals surface area contributed by atoms with Gasteiger partial charge < -0.3 is 5.11 Å². The molecule has 1 N–H and O–H groups in total. The standard InChI is InChI=1S/C16H16O/c1-13(12-17)16-9-5-8-15(11-16)10-14-6-3-2-4-7-14/h2-9,11,17H,1,10,12H2. The lowest BCUT2D eigenvalue weighted by Crippen LogP contribution is -1.92. The lowest BCUT2D eigenvalue weighted by molar-refractivity contribution is 0.350. The second-order valence-electron chi connectivity index (χ2n) is 4.12. The molecule has 0 amide bonds. The van der Waals surface area contributed by atoms with Crippen molar-refractivity contribution in [2.75, 3.05) is 6.61 Å². The summed E-state index contributed by atoms with van der Waals surface area (Å²) in [6.07, 6.45) is 0.910. The van der Waals surface area contributed by atoms with Crippen molar-refractivity contribution in [2.24, 2.45) is 0 Å². The molecule has 0 saturated carbocycles. The first-order valence-corrected chi connectivity index (χ1v) is 5.71. The highest BCUT2D eigenvalue weighted by molar-refractivity contribution is 5.64. The minimum absolute atomic E-state index is 0.00872. The third-order valence-corrected chi connectivity index (χ3v) is 2.78. The highest BCUT2D eigenvalue weighted by atomic mass is 16.3. The van der Waals surface area contributed by atoms with E-state index in [2.05, 4.69) is 30.8 Å². The van der Waals surface area contributed by atoms with Gasteiger partial charge in [-0.3, -0.25) is 0 Å². The van der Waals surface area contributed by atoms with Gasteiger partial charge in [0.25, 0.3) is 0 Å². The van der Waals surface area contributed by atoms with E-state index >= 15 is 0 Å². The van der Waals surface area contributed by atoms with Gasteiger partial charge in [-0.25, -0.2) is 0 Å². The largest absolute Gasteiger partial charge is 0.392 e. The molecule has 0 aliphatic rings. The maximum atomic E-state index is 9.07. The Hall–Kier alpha value is -1.86. The van der Waals surface area contributed by atoms with Crippen LogP contribution in [0.25, 0.3) is 5.57 Å². The number of hydrogen-bond acceptors (Lipinski definition) is 1. The molecule has 2 aromatic carbocycles. The number of benzene rings is 2. The molecule has 0 fully saturated rings. The van der Waals surface area contributed by atoms with E-state index in [1.807, 2.05) is 30.3 Å². The van der Waals surface area contributed by atoms with E-state index in [0.717, 1.165) is 17.6 Å². The summed E-state index contributed by atoms with van der Waals surface area (Å²) in [6, 6.07) is 18.5. The second kappa shape index (κ2) is 5.46.